The van der Waals surface area contributed by atoms with E-state index in [-0.39, 0.29) is 0 Å². The molecule has 4 heteroatoms. The van der Waals surface area contributed by atoms with Crippen LogP contribution in [0.15, 0.2) is 10.8 Å². The molecule has 0 unspecified atom stereocenters. The largest absolute Gasteiger partial charge is 0.480 e. The molecular weight excluding hydrogens is 232 g/mol. The zero-order valence-corrected chi connectivity index (χ0v) is 9.04. The van der Waals surface area contributed by atoms with Crippen molar-refractivity contribution < 1.29 is 4.74 Å². The predicted molar refractivity (Wildman–Crippen MR) is 52.9 cm³/mol. The average Bonchev–Trinajstić information content (AvgIpc) is 2.05. The zero-order valence-electron chi connectivity index (χ0n) is 7.46. The third-order valence-electron chi connectivity index (χ3n) is 2.47. The number of methoxy groups -OCH3 is 1. The van der Waals surface area contributed by atoms with Gasteiger partial charge in [0.05, 0.1) is 12.8 Å². The van der Waals surface area contributed by atoms with E-state index in [1.165, 1.54) is 19.3 Å². The summed E-state index contributed by atoms with van der Waals surface area (Å²) in [6.07, 6.45) is 5.35. The van der Waals surface area contributed by atoms with Crippen LogP contribution < -0.4 is 4.74 Å². The summed E-state index contributed by atoms with van der Waals surface area (Å²) in [6.45, 7) is 0. The highest BCUT2D eigenvalue weighted by atomic mass is 79.9. The van der Waals surface area contributed by atoms with Gasteiger partial charge in [0.2, 0.25) is 5.88 Å². The van der Waals surface area contributed by atoms with E-state index in [0.29, 0.717) is 11.8 Å². The van der Waals surface area contributed by atoms with Gasteiger partial charge in [0.15, 0.2) is 0 Å². The minimum absolute atomic E-state index is 0.603. The van der Waals surface area contributed by atoms with E-state index in [0.717, 1.165) is 10.2 Å². The van der Waals surface area contributed by atoms with Crippen molar-refractivity contribution in [2.45, 2.75) is 25.2 Å². The molecule has 1 aliphatic carbocycles. The van der Waals surface area contributed by atoms with Crippen molar-refractivity contribution in [3.8, 4) is 5.88 Å². The maximum absolute atomic E-state index is 5.11. The molecule has 0 atom stereocenters. The van der Waals surface area contributed by atoms with Crippen LogP contribution in [0, 0.1) is 0 Å². The summed E-state index contributed by atoms with van der Waals surface area (Å²) in [6, 6.07) is 0. The summed E-state index contributed by atoms with van der Waals surface area (Å²) in [5.74, 6) is 1.24. The van der Waals surface area contributed by atoms with E-state index >= 15 is 0 Å². The van der Waals surface area contributed by atoms with Crippen LogP contribution >= 0.6 is 15.9 Å². The lowest BCUT2D eigenvalue weighted by Crippen LogP contribution is -2.12. The molecule has 1 saturated carbocycles. The molecule has 0 amide bonds. The monoisotopic (exact) mass is 242 g/mol. The first-order valence-corrected chi connectivity index (χ1v) is 5.16. The number of halogens is 1. The fourth-order valence-corrected chi connectivity index (χ4v) is 2.17. The Bertz CT molecular complexity index is 312. The fourth-order valence-electron chi connectivity index (χ4n) is 1.48. The first kappa shape index (κ1) is 8.94. The number of hydrogen-bond donors (Lipinski definition) is 0. The Labute approximate surface area is 85.7 Å². The molecule has 1 aliphatic rings. The molecule has 0 aromatic carbocycles. The standard InChI is InChI=1S/C9H11BrN2O/c1-13-9-7(10)8(11-5-12-9)6-3-2-4-6/h5-6H,2-4H2,1H3. The third-order valence-corrected chi connectivity index (χ3v) is 3.22. The molecule has 3 nitrogen and oxygen atoms in total. The van der Waals surface area contributed by atoms with E-state index in [2.05, 4.69) is 25.9 Å². The van der Waals surface area contributed by atoms with Crippen molar-refractivity contribution in [2.75, 3.05) is 7.11 Å². The van der Waals surface area contributed by atoms with Gasteiger partial charge < -0.3 is 4.74 Å². The summed E-state index contributed by atoms with van der Waals surface area (Å²) in [7, 11) is 1.62. The quantitative estimate of drug-likeness (QED) is 0.800. The highest BCUT2D eigenvalue weighted by Crippen LogP contribution is 2.40. The second-order valence-corrected chi connectivity index (χ2v) is 4.00. The Kier molecular flexibility index (Phi) is 2.49. The van der Waals surface area contributed by atoms with Crippen LogP contribution in [-0.2, 0) is 0 Å². The molecular formula is C9H11BrN2O. The molecule has 0 aliphatic heterocycles. The second-order valence-electron chi connectivity index (χ2n) is 3.21. The zero-order chi connectivity index (χ0) is 9.26. The summed E-state index contributed by atoms with van der Waals surface area (Å²) in [5.41, 5.74) is 1.10. The van der Waals surface area contributed by atoms with Gasteiger partial charge in [-0.2, -0.15) is 0 Å². The lowest BCUT2D eigenvalue weighted by atomic mass is 9.83. The first-order valence-electron chi connectivity index (χ1n) is 4.37. The number of aromatic nitrogens is 2. The summed E-state index contributed by atoms with van der Waals surface area (Å²) >= 11 is 3.47. The molecule has 1 aromatic rings. The molecule has 2 rings (SSSR count). The van der Waals surface area contributed by atoms with Crippen LogP contribution in [0.5, 0.6) is 5.88 Å². The smallest absolute Gasteiger partial charge is 0.231 e. The topological polar surface area (TPSA) is 35.0 Å². The molecule has 13 heavy (non-hydrogen) atoms. The van der Waals surface area contributed by atoms with E-state index in [1.54, 1.807) is 13.4 Å². The van der Waals surface area contributed by atoms with Gasteiger partial charge in [0.1, 0.15) is 10.8 Å². The van der Waals surface area contributed by atoms with Gasteiger partial charge in [-0.05, 0) is 28.8 Å². The Morgan fingerprint density at radius 1 is 1.46 bits per heavy atom. The summed E-state index contributed by atoms with van der Waals surface area (Å²) in [4.78, 5) is 8.29. The molecule has 1 aromatic heterocycles. The maximum Gasteiger partial charge on any atom is 0.231 e. The molecule has 0 radical (unpaired) electrons. The molecule has 70 valence electrons. The highest BCUT2D eigenvalue weighted by molar-refractivity contribution is 9.10. The van der Waals surface area contributed by atoms with Crippen molar-refractivity contribution >= 4 is 15.9 Å². The van der Waals surface area contributed by atoms with Crippen molar-refractivity contribution in [2.24, 2.45) is 0 Å². The Morgan fingerprint density at radius 2 is 2.23 bits per heavy atom. The Morgan fingerprint density at radius 3 is 2.77 bits per heavy atom. The minimum atomic E-state index is 0.603. The average molecular weight is 243 g/mol. The van der Waals surface area contributed by atoms with Gasteiger partial charge in [-0.25, -0.2) is 9.97 Å². The number of ether oxygens (including phenoxy) is 1. The second kappa shape index (κ2) is 3.62. The fraction of sp³-hybridized carbons (Fsp3) is 0.556. The highest BCUT2D eigenvalue weighted by Gasteiger charge is 2.24. The Hall–Kier alpha value is -0.640. The van der Waals surface area contributed by atoms with Gasteiger partial charge in [-0.1, -0.05) is 6.42 Å². The lowest BCUT2D eigenvalue weighted by molar-refractivity contribution is 0.379. The summed E-state index contributed by atoms with van der Waals surface area (Å²) < 4.78 is 6.03. The van der Waals surface area contributed by atoms with E-state index in [4.69, 9.17) is 4.74 Å². The van der Waals surface area contributed by atoms with Crippen LogP contribution in [0.1, 0.15) is 30.9 Å². The van der Waals surface area contributed by atoms with Gasteiger partial charge in [-0.15, -0.1) is 0 Å². The van der Waals surface area contributed by atoms with Gasteiger partial charge in [-0.3, -0.25) is 0 Å². The van der Waals surface area contributed by atoms with Crippen LogP contribution in [0.25, 0.3) is 0 Å². The van der Waals surface area contributed by atoms with E-state index < -0.39 is 0 Å². The van der Waals surface area contributed by atoms with Crippen LogP contribution in [0.4, 0.5) is 0 Å². The van der Waals surface area contributed by atoms with Crippen molar-refractivity contribution in [3.63, 3.8) is 0 Å². The van der Waals surface area contributed by atoms with Gasteiger partial charge in [0, 0.05) is 5.92 Å². The lowest BCUT2D eigenvalue weighted by Gasteiger charge is -2.25. The number of hydrogen-bond acceptors (Lipinski definition) is 3. The molecule has 0 saturated heterocycles. The van der Waals surface area contributed by atoms with E-state index in [9.17, 15) is 0 Å². The van der Waals surface area contributed by atoms with Crippen molar-refractivity contribution in [1.29, 1.82) is 0 Å². The van der Waals surface area contributed by atoms with Crippen LogP contribution in [-0.4, -0.2) is 17.1 Å². The van der Waals surface area contributed by atoms with Gasteiger partial charge in [0.25, 0.3) is 0 Å². The minimum Gasteiger partial charge on any atom is -0.480 e. The number of nitrogens with zero attached hydrogens (tertiary/aromatic N) is 2. The van der Waals surface area contributed by atoms with Crippen molar-refractivity contribution in [1.82, 2.24) is 9.97 Å². The number of rotatable bonds is 2. The summed E-state index contributed by atoms with van der Waals surface area (Å²) in [5, 5.41) is 0. The van der Waals surface area contributed by atoms with Crippen LogP contribution in [0.2, 0.25) is 0 Å². The predicted octanol–water partition coefficient (Wildman–Crippen LogP) is 2.52. The van der Waals surface area contributed by atoms with Crippen LogP contribution in [0.3, 0.4) is 0 Å². The normalized spacial score (nSPS) is 16.8. The van der Waals surface area contributed by atoms with Crippen molar-refractivity contribution in [3.05, 3.63) is 16.5 Å². The molecule has 1 fully saturated rings. The SMILES string of the molecule is COc1ncnc(C2CCC2)c1Br. The molecule has 0 N–H and O–H groups in total. The van der Waals surface area contributed by atoms with E-state index in [1.807, 2.05) is 0 Å². The molecule has 1 heterocycles. The third kappa shape index (κ3) is 1.55. The Balaban J connectivity index is 2.33. The first-order chi connectivity index (χ1) is 6.33. The maximum atomic E-state index is 5.11. The molecule has 0 spiro atoms. The molecule has 0 bridgehead atoms. The van der Waals surface area contributed by atoms with Gasteiger partial charge >= 0.3 is 0 Å².